The molecule has 1 N–H and O–H groups in total. The highest BCUT2D eigenvalue weighted by atomic mass is 19.1. The van der Waals surface area contributed by atoms with Crippen LogP contribution in [-0.4, -0.2) is 13.6 Å². The van der Waals surface area contributed by atoms with Crippen molar-refractivity contribution in [3.63, 3.8) is 0 Å². The van der Waals surface area contributed by atoms with Gasteiger partial charge < -0.3 is 14.6 Å². The van der Waals surface area contributed by atoms with Gasteiger partial charge in [-0.1, -0.05) is 19.1 Å². The lowest BCUT2D eigenvalue weighted by Crippen LogP contribution is -2.17. The molecule has 0 fully saturated rings. The molecule has 108 valence electrons. The molecule has 2 aromatic rings. The third kappa shape index (κ3) is 3.39. The zero-order valence-electron chi connectivity index (χ0n) is 12.2. The fraction of sp³-hybridized carbons (Fsp3) is 0.375. The van der Waals surface area contributed by atoms with Gasteiger partial charge in [0.15, 0.2) is 0 Å². The molecule has 4 heteroatoms. The lowest BCUT2D eigenvalue weighted by atomic mass is 10.2. The maximum Gasteiger partial charge on any atom is 0.146 e. The average molecular weight is 276 g/mol. The SMILES string of the molecule is CCNCc1cc(CN(C)c2ccccc2F)c(C)o1. The number of aryl methyl sites for hydroxylation is 1. The van der Waals surface area contributed by atoms with E-state index >= 15 is 0 Å². The lowest BCUT2D eigenvalue weighted by Gasteiger charge is -2.19. The van der Waals surface area contributed by atoms with Crippen LogP contribution < -0.4 is 10.2 Å². The number of hydrogen-bond acceptors (Lipinski definition) is 3. The van der Waals surface area contributed by atoms with Crippen molar-refractivity contribution < 1.29 is 8.81 Å². The standard InChI is InChI=1S/C16H21FN2O/c1-4-18-10-14-9-13(12(2)20-14)11-19(3)16-8-6-5-7-15(16)17/h5-9,18H,4,10-11H2,1-3H3. The predicted molar refractivity (Wildman–Crippen MR) is 79.3 cm³/mol. The first-order chi connectivity index (χ1) is 9.61. The van der Waals surface area contributed by atoms with E-state index in [4.69, 9.17) is 4.42 Å². The molecular weight excluding hydrogens is 255 g/mol. The molecular formula is C16H21FN2O. The van der Waals surface area contributed by atoms with Crippen LogP contribution in [0.5, 0.6) is 0 Å². The molecule has 1 aromatic carbocycles. The third-order valence-electron chi connectivity index (χ3n) is 3.29. The molecule has 0 amide bonds. The Hall–Kier alpha value is -1.81. The minimum atomic E-state index is -0.205. The fourth-order valence-corrected chi connectivity index (χ4v) is 2.18. The second-order valence-corrected chi connectivity index (χ2v) is 4.88. The summed E-state index contributed by atoms with van der Waals surface area (Å²) in [5.74, 6) is 1.60. The van der Waals surface area contributed by atoms with Gasteiger partial charge in [0, 0.05) is 19.2 Å². The molecule has 0 aliphatic rings. The number of nitrogens with zero attached hydrogens (tertiary/aromatic N) is 1. The Morgan fingerprint density at radius 1 is 1.30 bits per heavy atom. The van der Waals surface area contributed by atoms with Crippen LogP contribution in [0.15, 0.2) is 34.7 Å². The molecule has 20 heavy (non-hydrogen) atoms. The van der Waals surface area contributed by atoms with Gasteiger partial charge in [0.2, 0.25) is 0 Å². The summed E-state index contributed by atoms with van der Waals surface area (Å²) in [5, 5.41) is 3.23. The molecule has 0 saturated heterocycles. The van der Waals surface area contributed by atoms with Gasteiger partial charge in [-0.3, -0.25) is 0 Å². The van der Waals surface area contributed by atoms with Crippen molar-refractivity contribution in [2.75, 3.05) is 18.5 Å². The molecule has 0 atom stereocenters. The molecule has 1 heterocycles. The first kappa shape index (κ1) is 14.6. The molecule has 0 spiro atoms. The molecule has 0 radical (unpaired) electrons. The monoisotopic (exact) mass is 276 g/mol. The molecule has 1 aromatic heterocycles. The Bertz CT molecular complexity index is 565. The van der Waals surface area contributed by atoms with Crippen molar-refractivity contribution in [3.05, 3.63) is 53.2 Å². The summed E-state index contributed by atoms with van der Waals surface area (Å²) in [4.78, 5) is 1.89. The van der Waals surface area contributed by atoms with Crippen LogP contribution >= 0.6 is 0 Å². The van der Waals surface area contributed by atoms with Gasteiger partial charge in [0.25, 0.3) is 0 Å². The van der Waals surface area contributed by atoms with Gasteiger partial charge in [0.05, 0.1) is 12.2 Å². The van der Waals surface area contributed by atoms with E-state index in [1.54, 1.807) is 12.1 Å². The van der Waals surface area contributed by atoms with Crippen LogP contribution in [-0.2, 0) is 13.1 Å². The summed E-state index contributed by atoms with van der Waals surface area (Å²) in [6, 6.07) is 8.84. The largest absolute Gasteiger partial charge is 0.465 e. The summed E-state index contributed by atoms with van der Waals surface area (Å²) in [6.45, 7) is 6.26. The smallest absolute Gasteiger partial charge is 0.146 e. The minimum Gasteiger partial charge on any atom is -0.465 e. The maximum atomic E-state index is 13.7. The molecule has 2 rings (SSSR count). The Balaban J connectivity index is 2.10. The van der Waals surface area contributed by atoms with Gasteiger partial charge in [-0.25, -0.2) is 4.39 Å². The van der Waals surface area contributed by atoms with Gasteiger partial charge in [-0.15, -0.1) is 0 Å². The van der Waals surface area contributed by atoms with Crippen molar-refractivity contribution >= 4 is 5.69 Å². The van der Waals surface area contributed by atoms with Crippen molar-refractivity contribution in [2.45, 2.75) is 26.9 Å². The highest BCUT2D eigenvalue weighted by Crippen LogP contribution is 2.22. The van der Waals surface area contributed by atoms with E-state index in [0.29, 0.717) is 12.2 Å². The van der Waals surface area contributed by atoms with Crippen LogP contribution in [0.3, 0.4) is 0 Å². The summed E-state index contributed by atoms with van der Waals surface area (Å²) >= 11 is 0. The first-order valence-corrected chi connectivity index (χ1v) is 6.86. The second-order valence-electron chi connectivity index (χ2n) is 4.88. The normalized spacial score (nSPS) is 10.8. The van der Waals surface area contributed by atoms with Gasteiger partial charge in [-0.2, -0.15) is 0 Å². The van der Waals surface area contributed by atoms with E-state index in [9.17, 15) is 4.39 Å². The van der Waals surface area contributed by atoms with Crippen LogP contribution in [0.2, 0.25) is 0 Å². The number of nitrogens with one attached hydrogen (secondary N) is 1. The second kappa shape index (κ2) is 6.57. The van der Waals surface area contributed by atoms with Gasteiger partial charge >= 0.3 is 0 Å². The van der Waals surface area contributed by atoms with E-state index in [1.807, 2.05) is 31.0 Å². The van der Waals surface area contributed by atoms with Crippen LogP contribution in [0.25, 0.3) is 0 Å². The van der Waals surface area contributed by atoms with Gasteiger partial charge in [0.1, 0.15) is 17.3 Å². The summed E-state index contributed by atoms with van der Waals surface area (Å²) in [5.41, 5.74) is 1.69. The Labute approximate surface area is 119 Å². The van der Waals surface area contributed by atoms with E-state index < -0.39 is 0 Å². The Morgan fingerprint density at radius 2 is 2.05 bits per heavy atom. The lowest BCUT2D eigenvalue weighted by molar-refractivity contribution is 0.463. The number of hydrogen-bond donors (Lipinski definition) is 1. The zero-order valence-corrected chi connectivity index (χ0v) is 12.2. The summed E-state index contributed by atoms with van der Waals surface area (Å²) < 4.78 is 19.4. The van der Waals surface area contributed by atoms with Crippen molar-refractivity contribution in [1.82, 2.24) is 5.32 Å². The van der Waals surface area contributed by atoms with Crippen LogP contribution in [0.4, 0.5) is 10.1 Å². The van der Waals surface area contributed by atoms with Crippen LogP contribution in [0, 0.1) is 12.7 Å². The maximum absolute atomic E-state index is 13.7. The van der Waals surface area contributed by atoms with E-state index in [2.05, 4.69) is 12.2 Å². The quantitative estimate of drug-likeness (QED) is 0.875. The number of para-hydroxylation sites is 1. The number of benzene rings is 1. The average Bonchev–Trinajstić information content (AvgIpc) is 2.77. The number of furan rings is 1. The van der Waals surface area contributed by atoms with Gasteiger partial charge in [-0.05, 0) is 31.7 Å². The number of halogens is 1. The molecule has 0 aliphatic carbocycles. The highest BCUT2D eigenvalue weighted by molar-refractivity contribution is 5.47. The van der Waals surface area contributed by atoms with Crippen LogP contribution in [0.1, 0.15) is 24.0 Å². The van der Waals surface area contributed by atoms with E-state index in [0.717, 1.165) is 30.2 Å². The molecule has 0 bridgehead atoms. The van der Waals surface area contributed by atoms with Crippen molar-refractivity contribution in [2.24, 2.45) is 0 Å². The highest BCUT2D eigenvalue weighted by Gasteiger charge is 2.12. The fourth-order valence-electron chi connectivity index (χ4n) is 2.18. The van der Waals surface area contributed by atoms with Crippen molar-refractivity contribution in [3.8, 4) is 0 Å². The molecule has 3 nitrogen and oxygen atoms in total. The minimum absolute atomic E-state index is 0.205. The first-order valence-electron chi connectivity index (χ1n) is 6.86. The Kier molecular flexibility index (Phi) is 4.79. The summed E-state index contributed by atoms with van der Waals surface area (Å²) in [7, 11) is 1.88. The van der Waals surface area contributed by atoms with Crippen molar-refractivity contribution in [1.29, 1.82) is 0 Å². The number of rotatable bonds is 6. The molecule has 0 unspecified atom stereocenters. The molecule has 0 saturated carbocycles. The predicted octanol–water partition coefficient (Wildman–Crippen LogP) is 3.47. The Morgan fingerprint density at radius 3 is 2.75 bits per heavy atom. The molecule has 0 aliphatic heterocycles. The van der Waals surface area contributed by atoms with E-state index in [-0.39, 0.29) is 5.82 Å². The zero-order chi connectivity index (χ0) is 14.5. The summed E-state index contributed by atoms with van der Waals surface area (Å²) in [6.07, 6.45) is 0. The topological polar surface area (TPSA) is 28.4 Å². The van der Waals surface area contributed by atoms with E-state index in [1.165, 1.54) is 6.07 Å². The third-order valence-corrected chi connectivity index (χ3v) is 3.29. The number of anilines is 1.